The molecule has 2 heterocycles. The fourth-order valence-electron chi connectivity index (χ4n) is 2.18. The molecule has 0 unspecified atom stereocenters. The van der Waals surface area contributed by atoms with Gasteiger partial charge in [0.15, 0.2) is 0 Å². The van der Waals surface area contributed by atoms with Gasteiger partial charge in [0.25, 0.3) is 11.2 Å². The van der Waals surface area contributed by atoms with E-state index in [1.807, 2.05) is 13.8 Å². The van der Waals surface area contributed by atoms with Gasteiger partial charge in [-0.1, -0.05) is 0 Å². The number of H-pyrrole nitrogens is 1. The van der Waals surface area contributed by atoms with Crippen molar-refractivity contribution in [1.29, 1.82) is 0 Å². The first-order valence-electron chi connectivity index (χ1n) is 6.82. The van der Waals surface area contributed by atoms with Gasteiger partial charge in [-0.25, -0.2) is 4.98 Å². The van der Waals surface area contributed by atoms with Crippen LogP contribution in [0.25, 0.3) is 10.2 Å². The monoisotopic (exact) mass is 331 g/mol. The Bertz CT molecular complexity index is 944. The summed E-state index contributed by atoms with van der Waals surface area (Å²) in [5, 5.41) is 11.2. The third kappa shape index (κ3) is 2.93. The molecule has 0 saturated carbocycles. The number of aromatic amines is 1. The van der Waals surface area contributed by atoms with Gasteiger partial charge >= 0.3 is 0 Å². The Hall–Kier alpha value is -2.74. The number of hydrogen-bond donors (Lipinski definition) is 1. The molecule has 23 heavy (non-hydrogen) atoms. The Kier molecular flexibility index (Phi) is 3.83. The van der Waals surface area contributed by atoms with Gasteiger partial charge in [0, 0.05) is 17.0 Å². The molecule has 0 aliphatic carbocycles. The number of nitro groups is 1. The summed E-state index contributed by atoms with van der Waals surface area (Å²) in [5.41, 5.74) is 0.760. The summed E-state index contributed by atoms with van der Waals surface area (Å²) in [7, 11) is 0. The highest BCUT2D eigenvalue weighted by Gasteiger charge is 2.12. The van der Waals surface area contributed by atoms with E-state index in [4.69, 9.17) is 4.74 Å². The van der Waals surface area contributed by atoms with Crippen molar-refractivity contribution in [1.82, 2.24) is 9.97 Å². The number of fused-ring (bicyclic) bond motifs is 1. The predicted molar refractivity (Wildman–Crippen MR) is 87.1 cm³/mol. The maximum Gasteiger partial charge on any atom is 0.269 e. The summed E-state index contributed by atoms with van der Waals surface area (Å²) < 4.78 is 5.52. The molecule has 0 radical (unpaired) electrons. The van der Waals surface area contributed by atoms with Crippen LogP contribution in [0.1, 0.15) is 16.3 Å². The van der Waals surface area contributed by atoms with Crippen LogP contribution in [0, 0.1) is 24.0 Å². The third-order valence-corrected chi connectivity index (χ3v) is 4.61. The molecule has 0 saturated heterocycles. The smallest absolute Gasteiger partial charge is 0.269 e. The van der Waals surface area contributed by atoms with E-state index in [1.54, 1.807) is 0 Å². The topological polar surface area (TPSA) is 98.1 Å². The highest BCUT2D eigenvalue weighted by Crippen LogP contribution is 2.26. The molecule has 1 aromatic carbocycles. The third-order valence-electron chi connectivity index (χ3n) is 3.51. The van der Waals surface area contributed by atoms with Crippen molar-refractivity contribution in [3.8, 4) is 5.75 Å². The molecular formula is C15H13N3O4S. The van der Waals surface area contributed by atoms with Gasteiger partial charge < -0.3 is 9.72 Å². The standard InChI is InChI=1S/C15H13N3O4S/c1-8-9(2)23-15-13(8)14(19)16-12(17-15)7-22-11-5-3-10(4-6-11)18(20)21/h3-6H,7H2,1-2H3,(H,16,17,19). The van der Waals surface area contributed by atoms with Crippen LogP contribution in [0.15, 0.2) is 29.1 Å². The maximum atomic E-state index is 12.1. The minimum Gasteiger partial charge on any atom is -0.486 e. The van der Waals surface area contributed by atoms with Gasteiger partial charge in [0.2, 0.25) is 0 Å². The molecule has 0 fully saturated rings. The zero-order chi connectivity index (χ0) is 16.6. The fraction of sp³-hybridized carbons (Fsp3) is 0.200. The number of nitrogens with zero attached hydrogens (tertiary/aromatic N) is 2. The zero-order valence-corrected chi connectivity index (χ0v) is 13.3. The normalized spacial score (nSPS) is 10.9. The summed E-state index contributed by atoms with van der Waals surface area (Å²) in [6, 6.07) is 5.74. The number of aryl methyl sites for hydroxylation is 2. The van der Waals surface area contributed by atoms with E-state index < -0.39 is 4.92 Å². The zero-order valence-electron chi connectivity index (χ0n) is 12.5. The van der Waals surface area contributed by atoms with E-state index in [9.17, 15) is 14.9 Å². The number of ether oxygens (including phenoxy) is 1. The van der Waals surface area contributed by atoms with E-state index >= 15 is 0 Å². The van der Waals surface area contributed by atoms with Gasteiger partial charge in [-0.2, -0.15) is 0 Å². The van der Waals surface area contributed by atoms with Crippen LogP contribution in [0.3, 0.4) is 0 Å². The molecular weight excluding hydrogens is 318 g/mol. The summed E-state index contributed by atoms with van der Waals surface area (Å²) in [6.07, 6.45) is 0. The SMILES string of the molecule is Cc1sc2nc(COc3ccc([N+](=O)[O-])cc3)[nH]c(=O)c2c1C. The van der Waals surface area contributed by atoms with Crippen LogP contribution >= 0.6 is 11.3 Å². The van der Waals surface area contributed by atoms with Gasteiger partial charge in [-0.05, 0) is 31.5 Å². The summed E-state index contributed by atoms with van der Waals surface area (Å²) >= 11 is 1.47. The molecule has 3 aromatic rings. The first kappa shape index (κ1) is 15.2. The largest absolute Gasteiger partial charge is 0.486 e. The molecule has 8 heteroatoms. The number of benzene rings is 1. The summed E-state index contributed by atoms with van der Waals surface area (Å²) in [4.78, 5) is 31.1. The minimum atomic E-state index is -0.474. The van der Waals surface area contributed by atoms with Crippen LogP contribution in [0.2, 0.25) is 0 Å². The van der Waals surface area contributed by atoms with Crippen molar-refractivity contribution in [2.75, 3.05) is 0 Å². The maximum absolute atomic E-state index is 12.1. The lowest BCUT2D eigenvalue weighted by Crippen LogP contribution is -2.13. The van der Waals surface area contributed by atoms with Crippen LogP contribution in [0.5, 0.6) is 5.75 Å². The molecule has 0 aliphatic heterocycles. The Morgan fingerprint density at radius 2 is 2.00 bits per heavy atom. The molecule has 3 rings (SSSR count). The lowest BCUT2D eigenvalue weighted by Gasteiger charge is -2.05. The van der Waals surface area contributed by atoms with Crippen LogP contribution in [-0.2, 0) is 6.61 Å². The second-order valence-electron chi connectivity index (χ2n) is 5.02. The van der Waals surface area contributed by atoms with Crippen molar-refractivity contribution >= 4 is 27.2 Å². The average Bonchev–Trinajstić information content (AvgIpc) is 2.80. The number of rotatable bonds is 4. The Balaban J connectivity index is 1.82. The summed E-state index contributed by atoms with van der Waals surface area (Å²) in [6.45, 7) is 3.94. The molecule has 0 bridgehead atoms. The molecule has 2 aromatic heterocycles. The highest BCUT2D eigenvalue weighted by molar-refractivity contribution is 7.18. The fourth-order valence-corrected chi connectivity index (χ4v) is 3.23. The Morgan fingerprint density at radius 1 is 1.30 bits per heavy atom. The van der Waals surface area contributed by atoms with Gasteiger partial charge in [0.1, 0.15) is 23.0 Å². The number of aromatic nitrogens is 2. The Morgan fingerprint density at radius 3 is 2.65 bits per heavy atom. The van der Waals surface area contributed by atoms with Crippen molar-refractivity contribution in [2.45, 2.75) is 20.5 Å². The Labute approximate surface area is 134 Å². The average molecular weight is 331 g/mol. The molecule has 0 amide bonds. The van der Waals surface area contributed by atoms with Gasteiger partial charge in [0.05, 0.1) is 10.3 Å². The molecule has 0 spiro atoms. The highest BCUT2D eigenvalue weighted by atomic mass is 32.1. The minimum absolute atomic E-state index is 0.00478. The number of nitrogens with one attached hydrogen (secondary N) is 1. The number of nitro benzene ring substituents is 1. The molecule has 118 valence electrons. The number of non-ortho nitro benzene ring substituents is 1. The van der Waals surface area contributed by atoms with Crippen molar-refractivity contribution in [3.05, 3.63) is 61.0 Å². The second kappa shape index (κ2) is 5.81. The lowest BCUT2D eigenvalue weighted by atomic mass is 10.2. The van der Waals surface area contributed by atoms with Crippen molar-refractivity contribution in [2.24, 2.45) is 0 Å². The quantitative estimate of drug-likeness (QED) is 0.585. The molecule has 0 aliphatic rings. The molecule has 0 atom stereocenters. The molecule has 1 N–H and O–H groups in total. The molecule has 7 nitrogen and oxygen atoms in total. The number of hydrogen-bond acceptors (Lipinski definition) is 6. The van der Waals surface area contributed by atoms with E-state index in [0.717, 1.165) is 10.4 Å². The van der Waals surface area contributed by atoms with E-state index in [0.29, 0.717) is 21.8 Å². The van der Waals surface area contributed by atoms with E-state index in [-0.39, 0.29) is 17.9 Å². The summed E-state index contributed by atoms with van der Waals surface area (Å²) in [5.74, 6) is 0.888. The number of thiophene rings is 1. The van der Waals surface area contributed by atoms with Crippen LogP contribution in [0.4, 0.5) is 5.69 Å². The van der Waals surface area contributed by atoms with E-state index in [1.165, 1.54) is 35.6 Å². The van der Waals surface area contributed by atoms with Crippen LogP contribution < -0.4 is 10.3 Å². The first-order valence-corrected chi connectivity index (χ1v) is 7.63. The van der Waals surface area contributed by atoms with Crippen molar-refractivity contribution in [3.63, 3.8) is 0 Å². The van der Waals surface area contributed by atoms with Gasteiger partial charge in [-0.15, -0.1) is 11.3 Å². The predicted octanol–water partition coefficient (Wildman–Crippen LogP) is 3.09. The lowest BCUT2D eigenvalue weighted by molar-refractivity contribution is -0.384. The van der Waals surface area contributed by atoms with E-state index in [2.05, 4.69) is 9.97 Å². The van der Waals surface area contributed by atoms with Gasteiger partial charge in [-0.3, -0.25) is 14.9 Å². The van der Waals surface area contributed by atoms with Crippen molar-refractivity contribution < 1.29 is 9.66 Å². The second-order valence-corrected chi connectivity index (χ2v) is 6.22. The first-order chi connectivity index (χ1) is 11.0. The van der Waals surface area contributed by atoms with Crippen LogP contribution in [-0.4, -0.2) is 14.9 Å².